The molecule has 206 valence electrons. The van der Waals surface area contributed by atoms with Crippen molar-refractivity contribution in [3.8, 4) is 5.69 Å². The van der Waals surface area contributed by atoms with Gasteiger partial charge < -0.3 is 19.5 Å². The second kappa shape index (κ2) is 10.9. The Morgan fingerprint density at radius 1 is 0.975 bits per heavy atom. The second-order valence-corrected chi connectivity index (χ2v) is 10.5. The number of halogens is 2. The summed E-state index contributed by atoms with van der Waals surface area (Å²) in [7, 11) is 0. The first-order chi connectivity index (χ1) is 19.4. The second-order valence-electron chi connectivity index (χ2n) is 10.1. The van der Waals surface area contributed by atoms with Gasteiger partial charge in [-0.25, -0.2) is 19.2 Å². The van der Waals surface area contributed by atoms with E-state index in [9.17, 15) is 14.7 Å². The Labute approximate surface area is 235 Å². The number of piperazine rings is 1. The number of anilines is 2. The largest absolute Gasteiger partial charge is 0.477 e. The van der Waals surface area contributed by atoms with Crippen LogP contribution in [0.25, 0.3) is 16.6 Å². The fourth-order valence-electron chi connectivity index (χ4n) is 5.60. The Morgan fingerprint density at radius 3 is 2.27 bits per heavy atom. The number of hydrogen-bond acceptors (Lipinski definition) is 7. The number of nitrogens with zero attached hydrogens (tertiary/aromatic N) is 6. The fourth-order valence-corrected chi connectivity index (χ4v) is 6.00. The molecular weight excluding hydrogens is 535 g/mol. The van der Waals surface area contributed by atoms with E-state index >= 15 is 4.39 Å². The average molecular weight is 563 g/mol. The number of benzene rings is 2. The number of pyridine rings is 1. The first-order valence-electron chi connectivity index (χ1n) is 13.3. The third-order valence-electron chi connectivity index (χ3n) is 7.64. The Hall–Kier alpha value is -4.02. The van der Waals surface area contributed by atoms with E-state index in [1.165, 1.54) is 19.0 Å². The van der Waals surface area contributed by atoms with Gasteiger partial charge in [0.2, 0.25) is 11.4 Å². The van der Waals surface area contributed by atoms with Crippen molar-refractivity contribution in [3.05, 3.63) is 87.2 Å². The summed E-state index contributed by atoms with van der Waals surface area (Å²) in [6.07, 6.45) is 7.04. The Morgan fingerprint density at radius 2 is 1.62 bits per heavy atom. The predicted octanol–water partition coefficient (Wildman–Crippen LogP) is 4.19. The maximum absolute atomic E-state index is 15.6. The van der Waals surface area contributed by atoms with Gasteiger partial charge in [0.15, 0.2) is 0 Å². The van der Waals surface area contributed by atoms with E-state index < -0.39 is 22.8 Å². The summed E-state index contributed by atoms with van der Waals surface area (Å²) >= 11 is 6.90. The lowest BCUT2D eigenvalue weighted by molar-refractivity contribution is 0.0695. The first-order valence-corrected chi connectivity index (χ1v) is 13.7. The maximum Gasteiger partial charge on any atom is 0.341 e. The lowest BCUT2D eigenvalue weighted by Gasteiger charge is -2.36. The van der Waals surface area contributed by atoms with Crippen LogP contribution in [0.3, 0.4) is 0 Å². The highest BCUT2D eigenvalue weighted by Crippen LogP contribution is 2.37. The molecule has 2 aromatic heterocycles. The number of fused-ring (bicyclic) bond motifs is 1. The first kappa shape index (κ1) is 26.2. The number of carboxylic acids is 1. The minimum absolute atomic E-state index is 0.0644. The molecule has 4 heterocycles. The molecule has 2 aliphatic rings. The number of hydrogen-bond donors (Lipinski definition) is 1. The van der Waals surface area contributed by atoms with E-state index in [1.54, 1.807) is 23.0 Å². The van der Waals surface area contributed by atoms with E-state index in [2.05, 4.69) is 14.9 Å². The molecule has 2 fully saturated rings. The van der Waals surface area contributed by atoms with Crippen LogP contribution in [-0.4, -0.2) is 69.8 Å². The highest BCUT2D eigenvalue weighted by atomic mass is 35.5. The average Bonchev–Trinajstić information content (AvgIpc) is 3.48. The summed E-state index contributed by atoms with van der Waals surface area (Å²) in [6.45, 7) is 5.02. The SMILES string of the molecule is O=C(O)c1cn(-c2ccc(CN3CCCC3)cc2)c2c(Cl)c(N3CCN(c4ncccn4)CC3)c(F)cc2c1=O. The number of carboxylic acid groups (broad SMARTS) is 1. The molecule has 2 saturated heterocycles. The minimum Gasteiger partial charge on any atom is -0.477 e. The van der Waals surface area contributed by atoms with Gasteiger partial charge in [0.05, 0.1) is 21.6 Å². The molecule has 0 saturated carbocycles. The number of aromatic nitrogens is 3. The van der Waals surface area contributed by atoms with E-state index in [-0.39, 0.29) is 21.6 Å². The normalized spacial score (nSPS) is 16.1. The molecule has 9 nitrogen and oxygen atoms in total. The lowest BCUT2D eigenvalue weighted by Crippen LogP contribution is -2.47. The molecule has 0 unspecified atom stereocenters. The Kier molecular flexibility index (Phi) is 7.12. The molecule has 11 heteroatoms. The minimum atomic E-state index is -1.38. The van der Waals surface area contributed by atoms with Crippen molar-refractivity contribution in [1.29, 1.82) is 0 Å². The van der Waals surface area contributed by atoms with Crippen LogP contribution < -0.4 is 15.2 Å². The smallest absolute Gasteiger partial charge is 0.341 e. The predicted molar refractivity (Wildman–Crippen MR) is 152 cm³/mol. The number of aromatic carboxylic acids is 1. The zero-order valence-corrected chi connectivity index (χ0v) is 22.5. The van der Waals surface area contributed by atoms with Crippen molar-refractivity contribution in [3.63, 3.8) is 0 Å². The lowest BCUT2D eigenvalue weighted by atomic mass is 10.1. The van der Waals surface area contributed by atoms with Gasteiger partial charge in [-0.15, -0.1) is 0 Å². The Bertz CT molecular complexity index is 1620. The standard InChI is InChI=1S/C29H28ClFN6O3/c30-24-25-21(16-23(31)26(24)35-12-14-36(15-13-35)29-32-8-3-9-33-29)27(38)22(28(39)40)18-37(25)20-6-4-19(5-7-20)17-34-10-1-2-11-34/h3-9,16,18H,1-2,10-15,17H2,(H,39,40). The van der Waals surface area contributed by atoms with Crippen LogP contribution in [0, 0.1) is 5.82 Å². The summed E-state index contributed by atoms with van der Waals surface area (Å²) in [5.41, 5.74) is 0.991. The van der Waals surface area contributed by atoms with Crippen LogP contribution in [0.1, 0.15) is 28.8 Å². The van der Waals surface area contributed by atoms with Crippen LogP contribution in [0.2, 0.25) is 5.02 Å². The van der Waals surface area contributed by atoms with Crippen molar-refractivity contribution < 1.29 is 14.3 Å². The molecule has 0 amide bonds. The third kappa shape index (κ3) is 4.89. The summed E-state index contributed by atoms with van der Waals surface area (Å²) in [5.74, 6) is -1.45. The van der Waals surface area contributed by atoms with Gasteiger partial charge in [-0.2, -0.15) is 0 Å². The number of likely N-dealkylation sites (tertiary alicyclic amines) is 1. The molecule has 0 spiro atoms. The Balaban J connectivity index is 1.40. The van der Waals surface area contributed by atoms with Crippen molar-refractivity contribution in [1.82, 2.24) is 19.4 Å². The molecule has 6 rings (SSSR count). The third-order valence-corrected chi connectivity index (χ3v) is 8.00. The molecule has 1 N–H and O–H groups in total. The summed E-state index contributed by atoms with van der Waals surface area (Å²) in [6, 6.07) is 10.6. The van der Waals surface area contributed by atoms with Crippen LogP contribution in [0.5, 0.6) is 0 Å². The molecule has 40 heavy (non-hydrogen) atoms. The van der Waals surface area contributed by atoms with Crippen LogP contribution >= 0.6 is 11.6 Å². The van der Waals surface area contributed by atoms with E-state index in [0.717, 1.165) is 31.3 Å². The van der Waals surface area contributed by atoms with E-state index in [1.807, 2.05) is 34.1 Å². The molecule has 2 aliphatic heterocycles. The van der Waals surface area contributed by atoms with Gasteiger partial charge in [0.25, 0.3) is 0 Å². The van der Waals surface area contributed by atoms with E-state index in [4.69, 9.17) is 11.6 Å². The van der Waals surface area contributed by atoms with Gasteiger partial charge in [0.1, 0.15) is 11.4 Å². The molecule has 0 aliphatic carbocycles. The zero-order chi connectivity index (χ0) is 27.8. The number of carbonyl (C=O) groups is 1. The number of rotatable bonds is 6. The van der Waals surface area contributed by atoms with E-state index in [0.29, 0.717) is 37.8 Å². The van der Waals surface area contributed by atoms with Crippen molar-refractivity contribution in [2.24, 2.45) is 0 Å². The summed E-state index contributed by atoms with van der Waals surface area (Å²) < 4.78 is 17.2. The molecule has 0 radical (unpaired) electrons. The van der Waals surface area contributed by atoms with Gasteiger partial charge in [-0.3, -0.25) is 9.69 Å². The maximum atomic E-state index is 15.6. The highest BCUT2D eigenvalue weighted by molar-refractivity contribution is 6.38. The quantitative estimate of drug-likeness (QED) is 0.374. The summed E-state index contributed by atoms with van der Waals surface area (Å²) in [5, 5.41) is 9.73. The fraction of sp³-hybridized carbons (Fsp3) is 0.310. The van der Waals surface area contributed by atoms with Crippen LogP contribution in [0.15, 0.2) is 59.8 Å². The molecule has 2 aromatic carbocycles. The van der Waals surface area contributed by atoms with Crippen molar-refractivity contribution in [2.75, 3.05) is 49.1 Å². The van der Waals surface area contributed by atoms with Crippen LogP contribution in [-0.2, 0) is 6.54 Å². The van der Waals surface area contributed by atoms with Gasteiger partial charge >= 0.3 is 5.97 Å². The molecule has 0 bridgehead atoms. The molecule has 4 aromatic rings. The monoisotopic (exact) mass is 562 g/mol. The summed E-state index contributed by atoms with van der Waals surface area (Å²) in [4.78, 5) is 39.9. The van der Waals surface area contributed by atoms with Gasteiger partial charge in [-0.05, 0) is 55.8 Å². The molecular formula is C29H28ClFN6O3. The topological polar surface area (TPSA) is 94.8 Å². The van der Waals surface area contributed by atoms with Gasteiger partial charge in [0, 0.05) is 57.0 Å². The molecule has 0 atom stereocenters. The zero-order valence-electron chi connectivity index (χ0n) is 21.8. The highest BCUT2D eigenvalue weighted by Gasteiger charge is 2.27. The van der Waals surface area contributed by atoms with Crippen molar-refractivity contribution in [2.45, 2.75) is 19.4 Å². The van der Waals surface area contributed by atoms with Crippen molar-refractivity contribution >= 4 is 40.1 Å². The van der Waals surface area contributed by atoms with Crippen LogP contribution in [0.4, 0.5) is 16.0 Å². The van der Waals surface area contributed by atoms with Gasteiger partial charge in [-0.1, -0.05) is 23.7 Å².